The van der Waals surface area contributed by atoms with Crippen LogP contribution < -0.4 is 5.73 Å². The van der Waals surface area contributed by atoms with Crippen molar-refractivity contribution in [2.45, 2.75) is 58.0 Å². The second-order valence-corrected chi connectivity index (χ2v) is 4.79. The van der Waals surface area contributed by atoms with Crippen LogP contribution in [-0.4, -0.2) is 18.8 Å². The Labute approximate surface area is 88.2 Å². The Morgan fingerprint density at radius 1 is 1.43 bits per heavy atom. The molecule has 0 amide bonds. The van der Waals surface area contributed by atoms with Gasteiger partial charge < -0.3 is 10.5 Å². The van der Waals surface area contributed by atoms with Crippen molar-refractivity contribution in [2.24, 2.45) is 11.7 Å². The lowest BCUT2D eigenvalue weighted by Gasteiger charge is -2.28. The predicted molar refractivity (Wildman–Crippen MR) is 60.3 cm³/mol. The van der Waals surface area contributed by atoms with Gasteiger partial charge >= 0.3 is 0 Å². The highest BCUT2D eigenvalue weighted by atomic mass is 16.5. The molecule has 1 aliphatic rings. The summed E-state index contributed by atoms with van der Waals surface area (Å²) >= 11 is 0. The molecule has 2 N–H and O–H groups in total. The van der Waals surface area contributed by atoms with Crippen molar-refractivity contribution in [3.63, 3.8) is 0 Å². The van der Waals surface area contributed by atoms with Crippen LogP contribution >= 0.6 is 0 Å². The van der Waals surface area contributed by atoms with E-state index in [4.69, 9.17) is 10.5 Å². The minimum atomic E-state index is 0.0349. The van der Waals surface area contributed by atoms with Gasteiger partial charge in [0.05, 0.1) is 5.60 Å². The molecule has 1 aliphatic carbocycles. The van der Waals surface area contributed by atoms with E-state index >= 15 is 0 Å². The molecule has 2 unspecified atom stereocenters. The number of unbranched alkanes of at least 4 members (excludes halogenated alkanes) is 2. The van der Waals surface area contributed by atoms with Crippen LogP contribution in [0.3, 0.4) is 0 Å². The Hall–Kier alpha value is -0.0800. The van der Waals surface area contributed by atoms with Crippen LogP contribution in [0.4, 0.5) is 0 Å². The van der Waals surface area contributed by atoms with Gasteiger partial charge in [-0.2, -0.15) is 0 Å². The molecule has 0 aromatic heterocycles. The smallest absolute Gasteiger partial charge is 0.0806 e. The van der Waals surface area contributed by atoms with Crippen LogP contribution in [0.5, 0.6) is 0 Å². The summed E-state index contributed by atoms with van der Waals surface area (Å²) in [5.74, 6) is 0.796. The topological polar surface area (TPSA) is 35.2 Å². The van der Waals surface area contributed by atoms with Gasteiger partial charge in [0.2, 0.25) is 0 Å². The lowest BCUT2D eigenvalue weighted by molar-refractivity contribution is -0.0373. The molecule has 0 aliphatic heterocycles. The number of nitrogens with two attached hydrogens (primary N) is 1. The Bertz CT molecular complexity index is 160. The summed E-state index contributed by atoms with van der Waals surface area (Å²) in [6.07, 6.45) is 7.33. The molecule has 0 aromatic rings. The molecule has 2 nitrogen and oxygen atoms in total. The lowest BCUT2D eigenvalue weighted by atomic mass is 10.0. The van der Waals surface area contributed by atoms with E-state index in [0.29, 0.717) is 6.54 Å². The van der Waals surface area contributed by atoms with E-state index in [-0.39, 0.29) is 5.60 Å². The lowest BCUT2D eigenvalue weighted by Crippen LogP contribution is -2.38. The predicted octanol–water partition coefficient (Wildman–Crippen LogP) is 2.71. The second kappa shape index (κ2) is 5.72. The molecule has 0 saturated heterocycles. The zero-order valence-corrected chi connectivity index (χ0v) is 9.72. The summed E-state index contributed by atoms with van der Waals surface area (Å²) in [5.41, 5.74) is 5.86. The van der Waals surface area contributed by atoms with Gasteiger partial charge in [-0.3, -0.25) is 0 Å². The molecule has 0 aromatic carbocycles. The number of ether oxygens (including phenoxy) is 1. The normalized spacial score (nSPS) is 32.4. The van der Waals surface area contributed by atoms with Crippen molar-refractivity contribution >= 4 is 0 Å². The maximum atomic E-state index is 5.99. The van der Waals surface area contributed by atoms with Crippen molar-refractivity contribution in [2.75, 3.05) is 13.2 Å². The molecule has 0 bridgehead atoms. The van der Waals surface area contributed by atoms with Crippen LogP contribution in [0.1, 0.15) is 52.4 Å². The minimum absolute atomic E-state index is 0.0349. The first-order chi connectivity index (χ1) is 6.72. The third kappa shape index (κ3) is 3.25. The Morgan fingerprint density at radius 2 is 2.21 bits per heavy atom. The Kier molecular flexibility index (Phi) is 4.90. The molecule has 14 heavy (non-hydrogen) atoms. The first-order valence-corrected chi connectivity index (χ1v) is 6.06. The van der Waals surface area contributed by atoms with Gasteiger partial charge in [0.15, 0.2) is 0 Å². The van der Waals surface area contributed by atoms with Crippen molar-refractivity contribution in [1.29, 1.82) is 0 Å². The maximum absolute atomic E-state index is 5.99. The standard InChI is InChI=1S/C12H25NO/c1-3-4-5-8-14-12(10-13)7-6-11(2)9-12/h11H,3-10,13H2,1-2H3. The highest BCUT2D eigenvalue weighted by Gasteiger charge is 2.36. The summed E-state index contributed by atoms with van der Waals surface area (Å²) in [5, 5.41) is 0. The van der Waals surface area contributed by atoms with Crippen molar-refractivity contribution in [3.05, 3.63) is 0 Å². The molecule has 1 fully saturated rings. The average Bonchev–Trinajstić information content (AvgIpc) is 2.56. The zero-order valence-electron chi connectivity index (χ0n) is 9.72. The van der Waals surface area contributed by atoms with Crippen molar-refractivity contribution in [1.82, 2.24) is 0 Å². The molecule has 0 heterocycles. The molecular formula is C12H25NO. The Morgan fingerprint density at radius 3 is 2.71 bits per heavy atom. The highest BCUT2D eigenvalue weighted by Crippen LogP contribution is 2.36. The van der Waals surface area contributed by atoms with Gasteiger partial charge in [-0.15, -0.1) is 0 Å². The van der Waals surface area contributed by atoms with E-state index in [2.05, 4.69) is 13.8 Å². The Balaban J connectivity index is 2.24. The van der Waals surface area contributed by atoms with Crippen LogP contribution in [0.2, 0.25) is 0 Å². The quantitative estimate of drug-likeness (QED) is 0.668. The van der Waals surface area contributed by atoms with E-state index < -0.39 is 0 Å². The molecule has 1 rings (SSSR count). The number of hydrogen-bond acceptors (Lipinski definition) is 2. The summed E-state index contributed by atoms with van der Waals surface area (Å²) in [7, 11) is 0. The molecule has 84 valence electrons. The molecule has 1 saturated carbocycles. The van der Waals surface area contributed by atoms with Crippen molar-refractivity contribution in [3.8, 4) is 0 Å². The fourth-order valence-corrected chi connectivity index (χ4v) is 2.36. The van der Waals surface area contributed by atoms with Gasteiger partial charge in [-0.1, -0.05) is 26.7 Å². The number of hydrogen-bond donors (Lipinski definition) is 1. The van der Waals surface area contributed by atoms with E-state index in [1.54, 1.807) is 0 Å². The average molecular weight is 199 g/mol. The fraction of sp³-hybridized carbons (Fsp3) is 1.00. The summed E-state index contributed by atoms with van der Waals surface area (Å²) < 4.78 is 5.99. The second-order valence-electron chi connectivity index (χ2n) is 4.79. The summed E-state index contributed by atoms with van der Waals surface area (Å²) in [4.78, 5) is 0. The summed E-state index contributed by atoms with van der Waals surface area (Å²) in [6, 6.07) is 0. The molecule has 0 spiro atoms. The number of rotatable bonds is 6. The highest BCUT2D eigenvalue weighted by molar-refractivity contribution is 4.90. The monoisotopic (exact) mass is 199 g/mol. The maximum Gasteiger partial charge on any atom is 0.0806 e. The van der Waals surface area contributed by atoms with E-state index in [0.717, 1.165) is 25.4 Å². The first kappa shape index (κ1) is 12.0. The third-order valence-corrected chi connectivity index (χ3v) is 3.34. The third-order valence-electron chi connectivity index (χ3n) is 3.34. The van der Waals surface area contributed by atoms with Gasteiger partial charge in [0.1, 0.15) is 0 Å². The van der Waals surface area contributed by atoms with Gasteiger partial charge in [-0.05, 0) is 31.6 Å². The molecule has 2 atom stereocenters. The van der Waals surface area contributed by atoms with Crippen LogP contribution in [-0.2, 0) is 4.74 Å². The van der Waals surface area contributed by atoms with Crippen LogP contribution in [0, 0.1) is 5.92 Å². The molecule has 2 heteroatoms. The van der Waals surface area contributed by atoms with Gasteiger partial charge in [0.25, 0.3) is 0 Å². The van der Waals surface area contributed by atoms with Crippen LogP contribution in [0.15, 0.2) is 0 Å². The summed E-state index contributed by atoms with van der Waals surface area (Å²) in [6.45, 7) is 6.12. The largest absolute Gasteiger partial charge is 0.374 e. The van der Waals surface area contributed by atoms with Gasteiger partial charge in [0, 0.05) is 13.2 Å². The van der Waals surface area contributed by atoms with Crippen LogP contribution in [0.25, 0.3) is 0 Å². The zero-order chi connectivity index (χ0) is 10.4. The fourth-order valence-electron chi connectivity index (χ4n) is 2.36. The minimum Gasteiger partial charge on any atom is -0.374 e. The van der Waals surface area contributed by atoms with Gasteiger partial charge in [-0.25, -0.2) is 0 Å². The molecule has 0 radical (unpaired) electrons. The SMILES string of the molecule is CCCCCOC1(CN)CCC(C)C1. The van der Waals surface area contributed by atoms with E-state index in [9.17, 15) is 0 Å². The molecular weight excluding hydrogens is 174 g/mol. The van der Waals surface area contributed by atoms with E-state index in [1.807, 2.05) is 0 Å². The van der Waals surface area contributed by atoms with E-state index in [1.165, 1.54) is 25.7 Å². The first-order valence-electron chi connectivity index (χ1n) is 6.06. The van der Waals surface area contributed by atoms with Crippen molar-refractivity contribution < 1.29 is 4.74 Å².